The van der Waals surface area contributed by atoms with E-state index in [9.17, 15) is 0 Å². The second-order valence-corrected chi connectivity index (χ2v) is 7.04. The fourth-order valence-corrected chi connectivity index (χ4v) is 3.71. The molecule has 0 N–H and O–H groups in total. The third-order valence-corrected chi connectivity index (χ3v) is 5.14. The maximum absolute atomic E-state index is 5.56. The molecule has 5 nitrogen and oxygen atoms in total. The minimum atomic E-state index is 0.287. The molecule has 0 saturated carbocycles. The minimum Gasteiger partial charge on any atom is -0.339 e. The highest BCUT2D eigenvalue weighted by molar-refractivity contribution is 5.78. The number of rotatable bonds is 4. The first kappa shape index (κ1) is 16.1. The molecular weight excluding hydrogens is 336 g/mol. The predicted molar refractivity (Wildman–Crippen MR) is 104 cm³/mol. The third kappa shape index (κ3) is 3.34. The molecule has 1 aliphatic rings. The van der Waals surface area contributed by atoms with Crippen LogP contribution in [-0.2, 0) is 6.54 Å². The zero-order chi connectivity index (χ0) is 18.1. The van der Waals surface area contributed by atoms with Gasteiger partial charge in [-0.2, -0.15) is 4.98 Å². The Kier molecular flexibility index (Phi) is 4.14. The van der Waals surface area contributed by atoms with E-state index < -0.39 is 0 Å². The second kappa shape index (κ2) is 6.93. The van der Waals surface area contributed by atoms with Crippen LogP contribution in [0.15, 0.2) is 71.3 Å². The quantitative estimate of drug-likeness (QED) is 0.546. The summed E-state index contributed by atoms with van der Waals surface area (Å²) in [5.41, 5.74) is 3.14. The molecule has 4 aromatic rings. The van der Waals surface area contributed by atoms with Crippen molar-refractivity contribution in [2.75, 3.05) is 13.1 Å². The van der Waals surface area contributed by atoms with Crippen molar-refractivity contribution in [1.82, 2.24) is 20.0 Å². The third-order valence-electron chi connectivity index (χ3n) is 5.14. The van der Waals surface area contributed by atoms with Crippen molar-refractivity contribution in [3.8, 4) is 11.4 Å². The summed E-state index contributed by atoms with van der Waals surface area (Å²) in [6, 6.07) is 22.5. The number of benzene rings is 2. The van der Waals surface area contributed by atoms with Gasteiger partial charge in [0.05, 0.1) is 17.1 Å². The molecule has 1 atom stereocenters. The van der Waals surface area contributed by atoms with E-state index in [1.54, 1.807) is 0 Å². The van der Waals surface area contributed by atoms with Crippen LogP contribution in [0, 0.1) is 0 Å². The Bertz CT molecular complexity index is 1060. The first-order chi connectivity index (χ1) is 13.3. The molecule has 0 bridgehead atoms. The van der Waals surface area contributed by atoms with Crippen LogP contribution in [0.4, 0.5) is 0 Å². The Morgan fingerprint density at radius 1 is 0.926 bits per heavy atom. The largest absolute Gasteiger partial charge is 0.339 e. The van der Waals surface area contributed by atoms with Gasteiger partial charge in [0.2, 0.25) is 11.7 Å². The molecule has 0 amide bonds. The fraction of sp³-hybridized carbons (Fsp3) is 0.227. The van der Waals surface area contributed by atoms with Crippen molar-refractivity contribution in [2.45, 2.75) is 18.9 Å². The molecule has 0 unspecified atom stereocenters. The van der Waals surface area contributed by atoms with Gasteiger partial charge >= 0.3 is 0 Å². The van der Waals surface area contributed by atoms with Crippen LogP contribution in [0.1, 0.15) is 23.9 Å². The molecular formula is C22H20N4O. The predicted octanol–water partition coefficient (Wildman–Crippen LogP) is 4.27. The topological polar surface area (TPSA) is 55.1 Å². The average Bonchev–Trinajstić information content (AvgIpc) is 3.38. The van der Waals surface area contributed by atoms with Crippen LogP contribution in [-0.4, -0.2) is 33.1 Å². The number of para-hydroxylation sites is 1. The van der Waals surface area contributed by atoms with E-state index in [0.717, 1.165) is 48.7 Å². The Hall–Kier alpha value is -3.05. The monoisotopic (exact) mass is 356 g/mol. The molecule has 5 heteroatoms. The molecule has 3 heterocycles. The molecule has 134 valence electrons. The lowest BCUT2D eigenvalue weighted by molar-refractivity contribution is 0.306. The molecule has 2 aromatic heterocycles. The van der Waals surface area contributed by atoms with E-state index in [1.807, 2.05) is 42.5 Å². The maximum Gasteiger partial charge on any atom is 0.231 e. The summed E-state index contributed by atoms with van der Waals surface area (Å²) in [5.74, 6) is 1.69. The summed E-state index contributed by atoms with van der Waals surface area (Å²) in [7, 11) is 0. The summed E-state index contributed by atoms with van der Waals surface area (Å²) >= 11 is 0. The van der Waals surface area contributed by atoms with Gasteiger partial charge in [-0.05, 0) is 25.1 Å². The van der Waals surface area contributed by atoms with Gasteiger partial charge in [-0.1, -0.05) is 59.8 Å². The smallest absolute Gasteiger partial charge is 0.231 e. The summed E-state index contributed by atoms with van der Waals surface area (Å²) < 4.78 is 5.56. The highest BCUT2D eigenvalue weighted by Crippen LogP contribution is 2.28. The summed E-state index contributed by atoms with van der Waals surface area (Å²) in [5, 5.41) is 5.34. The van der Waals surface area contributed by atoms with E-state index in [0.29, 0.717) is 5.82 Å². The summed E-state index contributed by atoms with van der Waals surface area (Å²) in [6.07, 6.45) is 1.03. The van der Waals surface area contributed by atoms with Gasteiger partial charge in [-0.25, -0.2) is 0 Å². The first-order valence-electron chi connectivity index (χ1n) is 9.31. The standard InChI is InChI=1S/C22H20N4O/c1-2-7-17(8-3-1)21-24-22(27-25-21)18-12-13-26(14-18)15-19-11-10-16-6-4-5-9-20(16)23-19/h1-11,18H,12-15H2/t18-/m0/s1. The highest BCUT2D eigenvalue weighted by Gasteiger charge is 2.28. The molecule has 0 aliphatic carbocycles. The SMILES string of the molecule is c1ccc(-c2noc([C@H]3CCN(Cc4ccc5ccccc5n4)C3)n2)cc1. The maximum atomic E-state index is 5.56. The molecule has 1 aliphatic heterocycles. The Balaban J connectivity index is 1.28. The van der Waals surface area contributed by atoms with E-state index >= 15 is 0 Å². The number of fused-ring (bicyclic) bond motifs is 1. The van der Waals surface area contributed by atoms with E-state index in [4.69, 9.17) is 9.51 Å². The van der Waals surface area contributed by atoms with Crippen molar-refractivity contribution >= 4 is 10.9 Å². The molecule has 5 rings (SSSR count). The molecule has 2 aromatic carbocycles. The average molecular weight is 356 g/mol. The van der Waals surface area contributed by atoms with Crippen molar-refractivity contribution in [2.24, 2.45) is 0 Å². The van der Waals surface area contributed by atoms with Gasteiger partial charge in [0.15, 0.2) is 0 Å². The lowest BCUT2D eigenvalue weighted by Crippen LogP contribution is -2.20. The van der Waals surface area contributed by atoms with Gasteiger partial charge in [0.1, 0.15) is 0 Å². The first-order valence-corrected chi connectivity index (χ1v) is 9.31. The van der Waals surface area contributed by atoms with E-state index in [2.05, 4.69) is 39.3 Å². The normalized spacial score (nSPS) is 17.6. The van der Waals surface area contributed by atoms with Crippen molar-refractivity contribution in [3.63, 3.8) is 0 Å². The Labute approximate surface area is 157 Å². The number of nitrogens with zero attached hydrogens (tertiary/aromatic N) is 4. The molecule has 0 radical (unpaired) electrons. The summed E-state index contributed by atoms with van der Waals surface area (Å²) in [4.78, 5) is 11.8. The molecule has 0 spiro atoms. The van der Waals surface area contributed by atoms with Gasteiger partial charge in [0.25, 0.3) is 0 Å². The number of likely N-dealkylation sites (tertiary alicyclic amines) is 1. The number of hydrogen-bond donors (Lipinski definition) is 0. The van der Waals surface area contributed by atoms with Crippen LogP contribution in [0.25, 0.3) is 22.3 Å². The zero-order valence-corrected chi connectivity index (χ0v) is 15.0. The van der Waals surface area contributed by atoms with E-state index in [1.165, 1.54) is 5.39 Å². The second-order valence-electron chi connectivity index (χ2n) is 7.04. The number of aromatic nitrogens is 3. The van der Waals surface area contributed by atoms with Crippen LogP contribution >= 0.6 is 0 Å². The highest BCUT2D eigenvalue weighted by atomic mass is 16.5. The zero-order valence-electron chi connectivity index (χ0n) is 15.0. The van der Waals surface area contributed by atoms with Gasteiger partial charge in [-0.15, -0.1) is 0 Å². The van der Waals surface area contributed by atoms with Crippen LogP contribution in [0.5, 0.6) is 0 Å². The number of pyridine rings is 1. The van der Waals surface area contributed by atoms with Crippen molar-refractivity contribution in [1.29, 1.82) is 0 Å². The van der Waals surface area contributed by atoms with Crippen LogP contribution in [0.3, 0.4) is 0 Å². The molecule has 1 saturated heterocycles. The number of hydrogen-bond acceptors (Lipinski definition) is 5. The van der Waals surface area contributed by atoms with Crippen molar-refractivity contribution in [3.05, 3.63) is 78.3 Å². The Morgan fingerprint density at radius 2 is 1.78 bits per heavy atom. The van der Waals surface area contributed by atoms with Gasteiger partial charge < -0.3 is 4.52 Å². The molecule has 1 fully saturated rings. The van der Waals surface area contributed by atoms with E-state index in [-0.39, 0.29) is 5.92 Å². The molecule has 27 heavy (non-hydrogen) atoms. The van der Waals surface area contributed by atoms with Gasteiger partial charge in [-0.3, -0.25) is 9.88 Å². The van der Waals surface area contributed by atoms with Crippen LogP contribution in [0.2, 0.25) is 0 Å². The van der Waals surface area contributed by atoms with Crippen molar-refractivity contribution < 1.29 is 4.52 Å². The van der Waals surface area contributed by atoms with Crippen LogP contribution < -0.4 is 0 Å². The lowest BCUT2D eigenvalue weighted by Gasteiger charge is -2.14. The summed E-state index contributed by atoms with van der Waals surface area (Å²) in [6.45, 7) is 2.79. The lowest BCUT2D eigenvalue weighted by atomic mass is 10.1. The minimum absolute atomic E-state index is 0.287. The van der Waals surface area contributed by atoms with Gasteiger partial charge in [0, 0.05) is 24.0 Å². The Morgan fingerprint density at radius 3 is 2.70 bits per heavy atom. The fourth-order valence-electron chi connectivity index (χ4n) is 3.71.